The Morgan fingerprint density at radius 3 is 2.31 bits per heavy atom. The summed E-state index contributed by atoms with van der Waals surface area (Å²) in [6.45, 7) is 0. The van der Waals surface area contributed by atoms with E-state index in [4.69, 9.17) is 11.6 Å². The lowest BCUT2D eigenvalue weighted by molar-refractivity contribution is -0.221. The van der Waals surface area contributed by atoms with Crippen LogP contribution in [0.5, 0.6) is 0 Å². The third-order valence-electron chi connectivity index (χ3n) is 1.87. The highest BCUT2D eigenvalue weighted by molar-refractivity contribution is 6.66. The van der Waals surface area contributed by atoms with E-state index in [1.807, 2.05) is 0 Å². The van der Waals surface area contributed by atoms with Crippen LogP contribution in [0.25, 0.3) is 0 Å². The minimum Gasteiger partial charge on any atom is -0.276 e. The maximum Gasteiger partial charge on any atom is 0.290 e. The molecule has 0 aliphatic heterocycles. The van der Waals surface area contributed by atoms with Crippen LogP contribution in [0.4, 0.5) is 17.6 Å². The van der Waals surface area contributed by atoms with Crippen molar-refractivity contribution in [1.29, 1.82) is 0 Å². The third-order valence-corrected chi connectivity index (χ3v) is 2.00. The Morgan fingerprint density at radius 2 is 1.92 bits per heavy atom. The molecule has 0 heterocycles. The molecule has 0 bridgehead atoms. The Hall–Kier alpha value is -0.580. The van der Waals surface area contributed by atoms with Gasteiger partial charge < -0.3 is 0 Å². The molecule has 1 fully saturated rings. The average Bonchev–Trinajstić information content (AvgIpc) is 2.02. The molecule has 0 aromatic carbocycles. The van der Waals surface area contributed by atoms with E-state index in [0.717, 1.165) is 0 Å². The van der Waals surface area contributed by atoms with Crippen molar-refractivity contribution < 1.29 is 22.4 Å². The number of hydrogen-bond acceptors (Lipinski definition) is 1. The van der Waals surface area contributed by atoms with Crippen molar-refractivity contribution in [3.8, 4) is 0 Å². The lowest BCUT2D eigenvalue weighted by Gasteiger charge is -2.41. The van der Waals surface area contributed by atoms with Gasteiger partial charge in [0.1, 0.15) is 6.17 Å². The van der Waals surface area contributed by atoms with Gasteiger partial charge in [-0.15, -0.1) is 0 Å². The molecule has 3 atom stereocenters. The minimum atomic E-state index is -3.73. The minimum absolute atomic E-state index is 0.593. The summed E-state index contributed by atoms with van der Waals surface area (Å²) in [5, 5.41) is -0.995. The normalized spacial score (nSPS) is 37.5. The smallest absolute Gasteiger partial charge is 0.276 e. The van der Waals surface area contributed by atoms with Crippen LogP contribution in [-0.2, 0) is 4.79 Å². The van der Waals surface area contributed by atoms with E-state index in [9.17, 15) is 22.4 Å². The summed E-state index contributed by atoms with van der Waals surface area (Å²) in [7, 11) is 0. The van der Waals surface area contributed by atoms with Crippen LogP contribution in [0.2, 0.25) is 0 Å². The summed E-state index contributed by atoms with van der Waals surface area (Å²) in [4.78, 5) is 10.1. The molecule has 0 spiro atoms. The van der Waals surface area contributed by atoms with Gasteiger partial charge in [0.05, 0.1) is 5.92 Å². The summed E-state index contributed by atoms with van der Waals surface area (Å²) >= 11 is 4.79. The summed E-state index contributed by atoms with van der Waals surface area (Å²) < 4.78 is 49.6. The van der Waals surface area contributed by atoms with E-state index in [2.05, 4.69) is 0 Å². The van der Waals surface area contributed by atoms with Crippen molar-refractivity contribution in [2.75, 3.05) is 0 Å². The van der Waals surface area contributed by atoms with Gasteiger partial charge in [-0.05, 0) is 17.7 Å². The van der Waals surface area contributed by atoms with Crippen molar-refractivity contribution in [3.05, 3.63) is 12.2 Å². The van der Waals surface area contributed by atoms with Crippen LogP contribution in [0.15, 0.2) is 12.2 Å². The van der Waals surface area contributed by atoms with Gasteiger partial charge in [0, 0.05) is 0 Å². The first-order valence-corrected chi connectivity index (χ1v) is 3.78. The molecule has 0 radical (unpaired) electrons. The van der Waals surface area contributed by atoms with Gasteiger partial charge in [0.2, 0.25) is 5.24 Å². The van der Waals surface area contributed by atoms with E-state index < -0.39 is 29.4 Å². The number of hydrogen-bond donors (Lipinski definition) is 0. The predicted octanol–water partition coefficient (Wildman–Crippen LogP) is 2.25. The fourth-order valence-electron chi connectivity index (χ4n) is 1.09. The first-order valence-electron chi connectivity index (χ1n) is 3.41. The number of halogens is 5. The standard InChI is InChI=1S/C7H5ClF4O/c8-4(13)2-1-3-5(9)6(10)7(3,11)12/h1-3,5-6H. The Morgan fingerprint density at radius 1 is 1.38 bits per heavy atom. The number of allylic oxidation sites excluding steroid dienone is 2. The zero-order chi connectivity index (χ0) is 10.2. The number of rotatable bonds is 2. The van der Waals surface area contributed by atoms with Crippen molar-refractivity contribution >= 4 is 16.8 Å². The van der Waals surface area contributed by atoms with Gasteiger partial charge in [-0.2, -0.15) is 0 Å². The first kappa shape index (κ1) is 10.5. The van der Waals surface area contributed by atoms with Crippen LogP contribution in [0.3, 0.4) is 0 Å². The molecule has 1 aliphatic carbocycles. The SMILES string of the molecule is O=C(Cl)C=CC1C(F)C(F)C1(F)F. The van der Waals surface area contributed by atoms with Gasteiger partial charge in [-0.1, -0.05) is 6.08 Å². The molecule has 74 valence electrons. The summed E-state index contributed by atoms with van der Waals surface area (Å²) in [6, 6.07) is 0. The molecule has 13 heavy (non-hydrogen) atoms. The Labute approximate surface area is 76.4 Å². The predicted molar refractivity (Wildman–Crippen MR) is 38.2 cm³/mol. The molecule has 0 aromatic rings. The molecular formula is C7H5ClF4O. The highest BCUT2D eigenvalue weighted by Crippen LogP contribution is 2.48. The lowest BCUT2D eigenvalue weighted by atomic mass is 9.76. The monoisotopic (exact) mass is 216 g/mol. The second-order valence-corrected chi connectivity index (χ2v) is 3.08. The number of alkyl halides is 4. The van der Waals surface area contributed by atoms with Gasteiger partial charge in [-0.25, -0.2) is 17.6 Å². The zero-order valence-corrected chi connectivity index (χ0v) is 6.94. The second kappa shape index (κ2) is 3.29. The van der Waals surface area contributed by atoms with Gasteiger partial charge >= 0.3 is 0 Å². The van der Waals surface area contributed by atoms with Gasteiger partial charge in [0.25, 0.3) is 5.92 Å². The molecule has 3 unspecified atom stereocenters. The Bertz CT molecular complexity index is 253. The molecular weight excluding hydrogens is 212 g/mol. The lowest BCUT2D eigenvalue weighted by Crippen LogP contribution is -2.60. The molecule has 0 saturated heterocycles. The van der Waals surface area contributed by atoms with Crippen LogP contribution >= 0.6 is 11.6 Å². The molecule has 0 amide bonds. The quantitative estimate of drug-likeness (QED) is 0.393. The largest absolute Gasteiger partial charge is 0.290 e. The van der Waals surface area contributed by atoms with E-state index in [0.29, 0.717) is 12.2 Å². The third kappa shape index (κ3) is 1.70. The molecule has 0 aromatic heterocycles. The van der Waals surface area contributed by atoms with Crippen molar-refractivity contribution in [1.82, 2.24) is 0 Å². The van der Waals surface area contributed by atoms with Crippen molar-refractivity contribution in [2.45, 2.75) is 18.3 Å². The van der Waals surface area contributed by atoms with Crippen molar-refractivity contribution in [2.24, 2.45) is 5.92 Å². The summed E-state index contributed by atoms with van der Waals surface area (Å²) in [5.74, 6) is -5.62. The fraction of sp³-hybridized carbons (Fsp3) is 0.571. The first-order chi connectivity index (χ1) is 5.87. The maximum atomic E-state index is 12.5. The maximum absolute atomic E-state index is 12.5. The Kier molecular flexibility index (Phi) is 2.66. The van der Waals surface area contributed by atoms with Crippen LogP contribution in [0, 0.1) is 5.92 Å². The van der Waals surface area contributed by atoms with E-state index in [-0.39, 0.29) is 0 Å². The summed E-state index contributed by atoms with van der Waals surface area (Å²) in [5.41, 5.74) is 0. The highest BCUT2D eigenvalue weighted by atomic mass is 35.5. The van der Waals surface area contributed by atoms with Gasteiger partial charge in [0.15, 0.2) is 6.17 Å². The number of carbonyl (C=O) groups is 1. The highest BCUT2D eigenvalue weighted by Gasteiger charge is 2.65. The zero-order valence-electron chi connectivity index (χ0n) is 6.18. The number of carbonyl (C=O) groups excluding carboxylic acids is 1. The molecule has 0 N–H and O–H groups in total. The molecule has 1 nitrogen and oxygen atoms in total. The summed E-state index contributed by atoms with van der Waals surface area (Å²) in [6.07, 6.45) is -3.86. The van der Waals surface area contributed by atoms with Crippen molar-refractivity contribution in [3.63, 3.8) is 0 Å². The van der Waals surface area contributed by atoms with Crippen LogP contribution in [0.1, 0.15) is 0 Å². The molecule has 6 heteroatoms. The second-order valence-electron chi connectivity index (χ2n) is 2.71. The fourth-order valence-corrected chi connectivity index (χ4v) is 1.16. The van der Waals surface area contributed by atoms with E-state index in [1.54, 1.807) is 0 Å². The van der Waals surface area contributed by atoms with Crippen LogP contribution < -0.4 is 0 Å². The average molecular weight is 217 g/mol. The molecule has 1 saturated carbocycles. The van der Waals surface area contributed by atoms with Gasteiger partial charge in [-0.3, -0.25) is 4.79 Å². The van der Waals surface area contributed by atoms with E-state index in [1.165, 1.54) is 0 Å². The van der Waals surface area contributed by atoms with Crippen LogP contribution in [-0.4, -0.2) is 23.5 Å². The topological polar surface area (TPSA) is 17.1 Å². The molecule has 1 aliphatic rings. The molecule has 1 rings (SSSR count). The van der Waals surface area contributed by atoms with E-state index >= 15 is 0 Å². The Balaban J connectivity index is 2.67.